The van der Waals surface area contributed by atoms with Crippen LogP contribution in [0.15, 0.2) is 35.2 Å². The van der Waals surface area contributed by atoms with E-state index in [0.29, 0.717) is 6.54 Å². The summed E-state index contributed by atoms with van der Waals surface area (Å²) in [6.45, 7) is 6.66. The van der Waals surface area contributed by atoms with E-state index in [1.807, 2.05) is 51.1 Å². The Kier molecular flexibility index (Phi) is 7.10. The van der Waals surface area contributed by atoms with Crippen molar-refractivity contribution in [2.75, 3.05) is 13.2 Å². The van der Waals surface area contributed by atoms with E-state index in [1.165, 1.54) is 0 Å². The molecule has 1 rings (SSSR count). The van der Waals surface area contributed by atoms with Gasteiger partial charge in [0.05, 0.1) is 11.9 Å². The van der Waals surface area contributed by atoms with Crippen LogP contribution < -0.4 is 5.32 Å². The molecule has 0 radical (unpaired) electrons. The number of aliphatic hydroxyl groups is 1. The molecule has 0 saturated heterocycles. The van der Waals surface area contributed by atoms with Gasteiger partial charge < -0.3 is 10.4 Å². The number of carbonyl (C=O) groups is 1. The lowest BCUT2D eigenvalue weighted by molar-refractivity contribution is -0.121. The van der Waals surface area contributed by atoms with E-state index >= 15 is 0 Å². The molecular formula is C16H25NO2S. The summed E-state index contributed by atoms with van der Waals surface area (Å²) in [6, 6.07) is 9.91. The second kappa shape index (κ2) is 8.32. The van der Waals surface area contributed by atoms with Crippen molar-refractivity contribution in [2.24, 2.45) is 5.41 Å². The van der Waals surface area contributed by atoms with Gasteiger partial charge in [-0.3, -0.25) is 4.79 Å². The van der Waals surface area contributed by atoms with Crippen molar-refractivity contribution in [3.8, 4) is 0 Å². The first-order valence-electron chi connectivity index (χ1n) is 7.17. The second-order valence-corrected chi connectivity index (χ2v) is 6.57. The van der Waals surface area contributed by atoms with Crippen molar-refractivity contribution < 1.29 is 9.90 Å². The van der Waals surface area contributed by atoms with Crippen molar-refractivity contribution >= 4 is 17.7 Å². The van der Waals surface area contributed by atoms with Gasteiger partial charge in [0, 0.05) is 16.9 Å². The zero-order valence-corrected chi connectivity index (χ0v) is 13.4. The highest BCUT2D eigenvalue weighted by atomic mass is 32.2. The molecule has 0 saturated carbocycles. The van der Waals surface area contributed by atoms with E-state index in [2.05, 4.69) is 5.32 Å². The predicted molar refractivity (Wildman–Crippen MR) is 84.9 cm³/mol. The molecule has 0 aromatic heterocycles. The van der Waals surface area contributed by atoms with Crippen LogP contribution in [0.2, 0.25) is 0 Å². The summed E-state index contributed by atoms with van der Waals surface area (Å²) in [4.78, 5) is 13.2. The Labute approximate surface area is 126 Å². The maximum Gasteiger partial charge on any atom is 0.233 e. The van der Waals surface area contributed by atoms with E-state index in [4.69, 9.17) is 0 Å². The van der Waals surface area contributed by atoms with Gasteiger partial charge in [0.25, 0.3) is 0 Å². The fourth-order valence-corrected chi connectivity index (χ4v) is 2.87. The minimum absolute atomic E-state index is 0.0265. The Morgan fingerprint density at radius 1 is 1.30 bits per heavy atom. The lowest BCUT2D eigenvalue weighted by Crippen LogP contribution is -2.42. The SMILES string of the molecule is CCC(CC)(CO)CNC(=O)C(C)Sc1ccccc1. The molecule has 0 aliphatic carbocycles. The summed E-state index contributed by atoms with van der Waals surface area (Å²) in [5.74, 6) is 0.0265. The summed E-state index contributed by atoms with van der Waals surface area (Å²) in [6.07, 6.45) is 1.72. The van der Waals surface area contributed by atoms with Crippen LogP contribution in [0.25, 0.3) is 0 Å². The molecule has 1 atom stereocenters. The average molecular weight is 295 g/mol. The minimum atomic E-state index is -0.188. The van der Waals surface area contributed by atoms with Gasteiger partial charge in [0.1, 0.15) is 0 Å². The zero-order chi connectivity index (χ0) is 15.0. The van der Waals surface area contributed by atoms with Crippen molar-refractivity contribution in [1.82, 2.24) is 5.32 Å². The fourth-order valence-electron chi connectivity index (χ4n) is 1.95. The van der Waals surface area contributed by atoms with Gasteiger partial charge in [0.15, 0.2) is 0 Å². The number of rotatable bonds is 8. The number of hydrogen-bond donors (Lipinski definition) is 2. The summed E-state index contributed by atoms with van der Waals surface area (Å²) >= 11 is 1.55. The molecule has 0 bridgehead atoms. The van der Waals surface area contributed by atoms with Crippen LogP contribution in [-0.4, -0.2) is 29.4 Å². The second-order valence-electron chi connectivity index (χ2n) is 5.16. The van der Waals surface area contributed by atoms with E-state index < -0.39 is 0 Å². The minimum Gasteiger partial charge on any atom is -0.396 e. The van der Waals surface area contributed by atoms with Crippen LogP contribution in [0, 0.1) is 5.41 Å². The Morgan fingerprint density at radius 3 is 2.40 bits per heavy atom. The number of benzene rings is 1. The Balaban J connectivity index is 2.50. The maximum absolute atomic E-state index is 12.1. The Bertz CT molecular complexity index is 396. The first-order chi connectivity index (χ1) is 9.56. The summed E-state index contributed by atoms with van der Waals surface area (Å²) in [7, 11) is 0. The van der Waals surface area contributed by atoms with Gasteiger partial charge in [0.2, 0.25) is 5.91 Å². The molecule has 1 amide bonds. The number of carbonyl (C=O) groups excluding carboxylic acids is 1. The molecule has 0 fully saturated rings. The van der Waals surface area contributed by atoms with Gasteiger partial charge in [-0.15, -0.1) is 11.8 Å². The van der Waals surface area contributed by atoms with Gasteiger partial charge in [-0.2, -0.15) is 0 Å². The smallest absolute Gasteiger partial charge is 0.233 e. The van der Waals surface area contributed by atoms with E-state index in [0.717, 1.165) is 17.7 Å². The monoisotopic (exact) mass is 295 g/mol. The number of thioether (sulfide) groups is 1. The third kappa shape index (κ3) is 4.84. The van der Waals surface area contributed by atoms with Gasteiger partial charge in [-0.05, 0) is 31.9 Å². The molecule has 0 aliphatic rings. The third-order valence-electron chi connectivity index (χ3n) is 3.90. The largest absolute Gasteiger partial charge is 0.396 e. The first kappa shape index (κ1) is 17.1. The Hall–Kier alpha value is -1.00. The molecule has 0 spiro atoms. The van der Waals surface area contributed by atoms with Crippen molar-refractivity contribution in [1.29, 1.82) is 0 Å². The standard InChI is InChI=1S/C16H25NO2S/c1-4-16(5-2,12-18)11-17-15(19)13(3)20-14-9-7-6-8-10-14/h6-10,13,18H,4-5,11-12H2,1-3H3,(H,17,19). The van der Waals surface area contributed by atoms with Gasteiger partial charge in [-0.25, -0.2) is 0 Å². The average Bonchev–Trinajstić information content (AvgIpc) is 2.50. The number of hydrogen-bond acceptors (Lipinski definition) is 3. The number of amides is 1. The first-order valence-corrected chi connectivity index (χ1v) is 8.05. The fraction of sp³-hybridized carbons (Fsp3) is 0.562. The van der Waals surface area contributed by atoms with Crippen LogP contribution in [0.4, 0.5) is 0 Å². The van der Waals surface area contributed by atoms with E-state index in [-0.39, 0.29) is 23.2 Å². The molecule has 1 unspecified atom stereocenters. The molecule has 3 nitrogen and oxygen atoms in total. The molecule has 1 aromatic rings. The molecule has 4 heteroatoms. The van der Waals surface area contributed by atoms with Gasteiger partial charge in [-0.1, -0.05) is 32.0 Å². The van der Waals surface area contributed by atoms with Crippen LogP contribution >= 0.6 is 11.8 Å². The third-order valence-corrected chi connectivity index (χ3v) is 5.01. The highest BCUT2D eigenvalue weighted by Gasteiger charge is 2.26. The predicted octanol–water partition coefficient (Wildman–Crippen LogP) is 3.08. The highest BCUT2D eigenvalue weighted by molar-refractivity contribution is 8.00. The van der Waals surface area contributed by atoms with Crippen LogP contribution in [-0.2, 0) is 4.79 Å². The molecule has 20 heavy (non-hydrogen) atoms. The van der Waals surface area contributed by atoms with Crippen molar-refractivity contribution in [3.63, 3.8) is 0 Å². The topological polar surface area (TPSA) is 49.3 Å². The van der Waals surface area contributed by atoms with Crippen molar-refractivity contribution in [3.05, 3.63) is 30.3 Å². The summed E-state index contributed by atoms with van der Waals surface area (Å²) in [5.41, 5.74) is -0.188. The summed E-state index contributed by atoms with van der Waals surface area (Å²) < 4.78 is 0. The van der Waals surface area contributed by atoms with Crippen LogP contribution in [0.5, 0.6) is 0 Å². The lowest BCUT2D eigenvalue weighted by atomic mass is 9.83. The molecule has 2 N–H and O–H groups in total. The maximum atomic E-state index is 12.1. The van der Waals surface area contributed by atoms with Crippen LogP contribution in [0.3, 0.4) is 0 Å². The Morgan fingerprint density at radius 2 is 1.90 bits per heavy atom. The molecule has 1 aromatic carbocycles. The van der Waals surface area contributed by atoms with E-state index in [9.17, 15) is 9.90 Å². The molecule has 0 heterocycles. The van der Waals surface area contributed by atoms with E-state index in [1.54, 1.807) is 11.8 Å². The molecular weight excluding hydrogens is 270 g/mol. The zero-order valence-electron chi connectivity index (χ0n) is 12.6. The normalized spacial score (nSPS) is 13.0. The molecule has 112 valence electrons. The van der Waals surface area contributed by atoms with Crippen molar-refractivity contribution in [2.45, 2.75) is 43.8 Å². The number of nitrogens with one attached hydrogen (secondary N) is 1. The molecule has 0 aliphatic heterocycles. The van der Waals surface area contributed by atoms with Gasteiger partial charge >= 0.3 is 0 Å². The van der Waals surface area contributed by atoms with Crippen LogP contribution in [0.1, 0.15) is 33.6 Å². The highest BCUT2D eigenvalue weighted by Crippen LogP contribution is 2.26. The quantitative estimate of drug-likeness (QED) is 0.725. The lowest BCUT2D eigenvalue weighted by Gasteiger charge is -2.30. The number of aliphatic hydroxyl groups excluding tert-OH is 1. The summed E-state index contributed by atoms with van der Waals surface area (Å²) in [5, 5.41) is 12.3.